The lowest BCUT2D eigenvalue weighted by Crippen LogP contribution is -2.26. The van der Waals surface area contributed by atoms with Crippen molar-refractivity contribution in [1.29, 1.82) is 0 Å². The first-order chi connectivity index (χ1) is 8.56. The topological polar surface area (TPSA) is 74.5 Å². The van der Waals surface area contributed by atoms with Crippen LogP contribution in [0.4, 0.5) is 0 Å². The van der Waals surface area contributed by atoms with Crippen LogP contribution in [0.5, 0.6) is 11.8 Å². The summed E-state index contributed by atoms with van der Waals surface area (Å²) in [7, 11) is 0. The van der Waals surface area contributed by atoms with Gasteiger partial charge in [0.25, 0.3) is 0 Å². The molecular formula is C12H20N2O3S. The molecule has 0 aliphatic rings. The van der Waals surface area contributed by atoms with Gasteiger partial charge in [-0.25, -0.2) is 0 Å². The van der Waals surface area contributed by atoms with Gasteiger partial charge in [-0.15, -0.1) is 0 Å². The van der Waals surface area contributed by atoms with Gasteiger partial charge in [-0.2, -0.15) is 11.8 Å². The van der Waals surface area contributed by atoms with E-state index in [2.05, 4.69) is 12.2 Å². The minimum atomic E-state index is -0.0724. The van der Waals surface area contributed by atoms with Crippen molar-refractivity contribution in [2.45, 2.75) is 26.8 Å². The summed E-state index contributed by atoms with van der Waals surface area (Å²) < 4.78 is 1.33. The molecular weight excluding hydrogens is 252 g/mol. The molecule has 0 aliphatic heterocycles. The third-order valence-electron chi connectivity index (χ3n) is 2.57. The number of carbonyl (C=O) groups excluding carboxylic acids is 1. The highest BCUT2D eigenvalue weighted by molar-refractivity contribution is 7.99. The molecule has 0 spiro atoms. The van der Waals surface area contributed by atoms with E-state index in [1.54, 1.807) is 18.7 Å². The lowest BCUT2D eigenvalue weighted by atomic mass is 10.4. The molecule has 0 atom stereocenters. The van der Waals surface area contributed by atoms with Gasteiger partial charge in [0.05, 0.1) is 0 Å². The minimum Gasteiger partial charge on any atom is -0.494 e. The molecule has 18 heavy (non-hydrogen) atoms. The number of nitrogens with one attached hydrogen (secondary N) is 1. The molecule has 0 aromatic carbocycles. The van der Waals surface area contributed by atoms with Crippen LogP contribution < -0.4 is 5.32 Å². The highest BCUT2D eigenvalue weighted by Gasteiger charge is 2.11. The summed E-state index contributed by atoms with van der Waals surface area (Å²) in [6, 6.07) is 1.48. The zero-order valence-electron chi connectivity index (χ0n) is 10.8. The standard InChI is InChI=1S/C12H20N2O3S/c1-3-18-7-5-13-10(15)4-6-14-11(16)8-9(2)12(14)17/h8,16-17H,3-7H2,1-2H3,(H,13,15). The molecule has 1 aromatic heterocycles. The number of aromatic nitrogens is 1. The fourth-order valence-electron chi connectivity index (χ4n) is 1.59. The third-order valence-corrected chi connectivity index (χ3v) is 3.47. The first-order valence-corrected chi connectivity index (χ1v) is 7.14. The fraction of sp³-hybridized carbons (Fsp3) is 0.583. The number of aromatic hydroxyl groups is 2. The van der Waals surface area contributed by atoms with Gasteiger partial charge in [0.15, 0.2) is 11.8 Å². The van der Waals surface area contributed by atoms with Crippen molar-refractivity contribution in [1.82, 2.24) is 9.88 Å². The molecule has 3 N–H and O–H groups in total. The lowest BCUT2D eigenvalue weighted by Gasteiger charge is -2.07. The highest BCUT2D eigenvalue weighted by atomic mass is 32.2. The number of aryl methyl sites for hydroxylation is 1. The summed E-state index contributed by atoms with van der Waals surface area (Å²) in [5, 5.41) is 22.0. The van der Waals surface area contributed by atoms with Gasteiger partial charge in [-0.1, -0.05) is 6.92 Å². The van der Waals surface area contributed by atoms with Crippen LogP contribution in [0.3, 0.4) is 0 Å². The van der Waals surface area contributed by atoms with Crippen molar-refractivity contribution in [2.24, 2.45) is 0 Å². The monoisotopic (exact) mass is 272 g/mol. The summed E-state index contributed by atoms with van der Waals surface area (Å²) in [6.45, 7) is 4.71. The Hall–Kier alpha value is -1.30. The van der Waals surface area contributed by atoms with Crippen LogP contribution >= 0.6 is 11.8 Å². The number of hydrogen-bond donors (Lipinski definition) is 3. The second kappa shape index (κ2) is 7.20. The molecule has 1 aromatic rings. The van der Waals surface area contributed by atoms with Gasteiger partial charge in [0, 0.05) is 36.9 Å². The Morgan fingerprint density at radius 1 is 1.50 bits per heavy atom. The number of thioether (sulfide) groups is 1. The van der Waals surface area contributed by atoms with E-state index in [4.69, 9.17) is 0 Å². The van der Waals surface area contributed by atoms with Crippen molar-refractivity contribution in [3.8, 4) is 11.8 Å². The van der Waals surface area contributed by atoms with Crippen LogP contribution in [0.1, 0.15) is 18.9 Å². The second-order valence-electron chi connectivity index (χ2n) is 3.96. The molecule has 1 heterocycles. The van der Waals surface area contributed by atoms with E-state index in [9.17, 15) is 15.0 Å². The van der Waals surface area contributed by atoms with Crippen molar-refractivity contribution >= 4 is 17.7 Å². The largest absolute Gasteiger partial charge is 0.494 e. The normalized spacial score (nSPS) is 10.6. The summed E-state index contributed by atoms with van der Waals surface area (Å²) in [6.07, 6.45) is 0.242. The maximum Gasteiger partial charge on any atom is 0.221 e. The van der Waals surface area contributed by atoms with Gasteiger partial charge in [-0.05, 0) is 12.7 Å². The molecule has 0 bridgehead atoms. The van der Waals surface area contributed by atoms with Gasteiger partial charge >= 0.3 is 0 Å². The molecule has 0 aliphatic carbocycles. The quantitative estimate of drug-likeness (QED) is 0.657. The van der Waals surface area contributed by atoms with E-state index in [1.807, 2.05) is 0 Å². The Kier molecular flexibility index (Phi) is 5.91. The maximum atomic E-state index is 11.5. The molecule has 0 saturated heterocycles. The molecule has 6 heteroatoms. The number of carbonyl (C=O) groups is 1. The maximum absolute atomic E-state index is 11.5. The summed E-state index contributed by atoms with van der Waals surface area (Å²) in [4.78, 5) is 11.5. The summed E-state index contributed by atoms with van der Waals surface area (Å²) >= 11 is 1.77. The Bertz CT molecular complexity index is 404. The molecule has 5 nitrogen and oxygen atoms in total. The van der Waals surface area contributed by atoms with Crippen LogP contribution in [0.15, 0.2) is 6.07 Å². The Labute approximate surface area is 111 Å². The molecule has 0 saturated carbocycles. The van der Waals surface area contributed by atoms with Gasteiger partial charge in [-0.3, -0.25) is 9.36 Å². The fourth-order valence-corrected chi connectivity index (χ4v) is 2.12. The Morgan fingerprint density at radius 3 is 2.78 bits per heavy atom. The van der Waals surface area contributed by atoms with Crippen LogP contribution in [0, 0.1) is 6.92 Å². The van der Waals surface area contributed by atoms with Gasteiger partial charge in [0.1, 0.15) is 0 Å². The molecule has 0 fully saturated rings. The van der Waals surface area contributed by atoms with Crippen LogP contribution in [-0.2, 0) is 11.3 Å². The number of nitrogens with zero attached hydrogens (tertiary/aromatic N) is 1. The highest BCUT2D eigenvalue weighted by Crippen LogP contribution is 2.26. The van der Waals surface area contributed by atoms with E-state index in [0.717, 1.165) is 11.5 Å². The second-order valence-corrected chi connectivity index (χ2v) is 5.35. The van der Waals surface area contributed by atoms with Crippen molar-refractivity contribution in [3.63, 3.8) is 0 Å². The van der Waals surface area contributed by atoms with E-state index in [1.165, 1.54) is 10.6 Å². The summed E-state index contributed by atoms with van der Waals surface area (Å²) in [5.74, 6) is 1.87. The first-order valence-electron chi connectivity index (χ1n) is 5.98. The molecule has 1 amide bonds. The van der Waals surface area contributed by atoms with Crippen molar-refractivity contribution in [3.05, 3.63) is 11.6 Å². The van der Waals surface area contributed by atoms with Crippen molar-refractivity contribution < 1.29 is 15.0 Å². The zero-order valence-corrected chi connectivity index (χ0v) is 11.6. The predicted molar refractivity (Wildman–Crippen MR) is 73.1 cm³/mol. The van der Waals surface area contributed by atoms with Crippen LogP contribution in [-0.4, -0.2) is 38.7 Å². The Morgan fingerprint density at radius 2 is 2.22 bits per heavy atom. The zero-order chi connectivity index (χ0) is 13.5. The molecule has 0 unspecified atom stereocenters. The number of hydrogen-bond acceptors (Lipinski definition) is 4. The SMILES string of the molecule is CCSCCNC(=O)CCn1c(O)cc(C)c1O. The van der Waals surface area contributed by atoms with E-state index < -0.39 is 0 Å². The van der Waals surface area contributed by atoms with Crippen molar-refractivity contribution in [2.75, 3.05) is 18.1 Å². The predicted octanol–water partition coefficient (Wildman–Crippen LogP) is 1.47. The minimum absolute atomic E-state index is 0.0145. The summed E-state index contributed by atoms with van der Waals surface area (Å²) in [5.41, 5.74) is 0.604. The van der Waals surface area contributed by atoms with E-state index in [-0.39, 0.29) is 30.6 Å². The number of rotatable bonds is 7. The van der Waals surface area contributed by atoms with E-state index in [0.29, 0.717) is 12.1 Å². The van der Waals surface area contributed by atoms with Gasteiger partial charge in [0.2, 0.25) is 5.91 Å². The third kappa shape index (κ3) is 4.18. The average molecular weight is 272 g/mol. The Balaban J connectivity index is 2.34. The van der Waals surface area contributed by atoms with Crippen LogP contribution in [0.25, 0.3) is 0 Å². The molecule has 1 rings (SSSR count). The smallest absolute Gasteiger partial charge is 0.221 e. The molecule has 0 radical (unpaired) electrons. The van der Waals surface area contributed by atoms with Gasteiger partial charge < -0.3 is 15.5 Å². The average Bonchev–Trinajstić information content (AvgIpc) is 2.57. The first kappa shape index (κ1) is 14.8. The lowest BCUT2D eigenvalue weighted by molar-refractivity contribution is -0.121. The molecule has 102 valence electrons. The number of amides is 1. The van der Waals surface area contributed by atoms with E-state index >= 15 is 0 Å². The van der Waals surface area contributed by atoms with Crippen LogP contribution in [0.2, 0.25) is 0 Å².